The summed E-state index contributed by atoms with van der Waals surface area (Å²) in [5.74, 6) is 1.39. The molecule has 0 saturated heterocycles. The van der Waals surface area contributed by atoms with Crippen LogP contribution >= 0.6 is 0 Å². The minimum absolute atomic E-state index is 0.131. The Balaban J connectivity index is 0.000000130. The molecule has 2 fully saturated rings. The molecule has 2 aromatic carbocycles. The van der Waals surface area contributed by atoms with Crippen LogP contribution in [0.5, 0.6) is 0 Å². The Kier molecular flexibility index (Phi) is 9.64. The van der Waals surface area contributed by atoms with Crippen LogP contribution in [0, 0.1) is 13.8 Å². The van der Waals surface area contributed by atoms with Crippen LogP contribution in [0.3, 0.4) is 0 Å². The number of nitrogens with zero attached hydrogens (tertiary/aromatic N) is 9. The lowest BCUT2D eigenvalue weighted by Gasteiger charge is -2.02. The van der Waals surface area contributed by atoms with E-state index < -0.39 is 0 Å². The molecule has 8 aromatic rings. The van der Waals surface area contributed by atoms with E-state index in [-0.39, 0.29) is 11.4 Å². The van der Waals surface area contributed by atoms with Crippen molar-refractivity contribution in [3.63, 3.8) is 0 Å². The van der Waals surface area contributed by atoms with Crippen molar-refractivity contribution in [3.05, 3.63) is 152 Å². The molecule has 0 amide bonds. The molecular formula is C43H46N10O2. The Morgan fingerprint density at radius 3 is 1.64 bits per heavy atom. The van der Waals surface area contributed by atoms with Crippen LogP contribution < -0.4 is 11.4 Å². The summed E-state index contributed by atoms with van der Waals surface area (Å²) in [7, 11) is 3.96. The third-order valence-electron chi connectivity index (χ3n) is 10.4. The SMILES string of the molecule is CCc1cc(C2CC2)nn1C.Cc1ccc(-c2ccc3n[nH]c(=O)n3c2)cc1.Cc1ccc(-c2ccc3nn(Cc4cc(C5CC5)nn4C)c(=O)n3c2)cc1. The van der Waals surface area contributed by atoms with Crippen molar-refractivity contribution in [2.24, 2.45) is 14.1 Å². The molecule has 0 unspecified atom stereocenters. The van der Waals surface area contributed by atoms with Crippen LogP contribution in [-0.4, -0.2) is 48.3 Å². The van der Waals surface area contributed by atoms with E-state index in [0.29, 0.717) is 23.8 Å². The average Bonchev–Trinajstić information content (AvgIpc) is 4.11. The lowest BCUT2D eigenvalue weighted by Crippen LogP contribution is -2.22. The van der Waals surface area contributed by atoms with Crippen LogP contribution in [0.2, 0.25) is 0 Å². The van der Waals surface area contributed by atoms with Gasteiger partial charge in [0.05, 0.1) is 23.6 Å². The Hall–Kier alpha value is -6.30. The molecule has 1 N–H and O–H groups in total. The fourth-order valence-electron chi connectivity index (χ4n) is 6.71. The minimum atomic E-state index is -0.214. The summed E-state index contributed by atoms with van der Waals surface area (Å²) in [5.41, 5.74) is 12.3. The fraction of sp³-hybridized carbons (Fsp3) is 0.302. The molecule has 0 spiro atoms. The normalized spacial score (nSPS) is 13.8. The fourth-order valence-corrected chi connectivity index (χ4v) is 6.71. The van der Waals surface area contributed by atoms with Crippen LogP contribution in [0.15, 0.2) is 107 Å². The second-order valence-corrected chi connectivity index (χ2v) is 14.8. The standard InChI is InChI=1S/C21H21N5O.C13H11N3O.C9H14N2/c1-14-3-5-15(6-4-14)17-9-10-20-23-26(21(27)25(20)12-17)13-18-11-19(16-7-8-16)22-24(18)2;1-9-2-4-10(5-3-9)11-6-7-12-14-15-13(17)16(12)8-11;1-3-8-6-9(7-4-5-7)10-11(8)2/h3-6,9-12,16H,7-8,13H2,1-2H3;2-8H,1H3,(H,15,17);6-7H,3-5H2,1-2H3. The lowest BCUT2D eigenvalue weighted by atomic mass is 10.1. The second-order valence-electron chi connectivity index (χ2n) is 14.8. The number of nitrogens with one attached hydrogen (secondary N) is 1. The van der Waals surface area contributed by atoms with Crippen molar-refractivity contribution in [1.29, 1.82) is 0 Å². The maximum absolute atomic E-state index is 12.9. The van der Waals surface area contributed by atoms with Crippen molar-refractivity contribution in [1.82, 2.24) is 48.3 Å². The number of benzene rings is 2. The molecule has 2 aliphatic rings. The van der Waals surface area contributed by atoms with E-state index in [1.807, 2.05) is 73.0 Å². The van der Waals surface area contributed by atoms with E-state index in [9.17, 15) is 9.59 Å². The molecule has 12 heteroatoms. The van der Waals surface area contributed by atoms with Gasteiger partial charge in [0, 0.05) is 44.0 Å². The summed E-state index contributed by atoms with van der Waals surface area (Å²) >= 11 is 0. The largest absolute Gasteiger partial charge is 0.350 e. The molecule has 55 heavy (non-hydrogen) atoms. The first-order valence-corrected chi connectivity index (χ1v) is 19.0. The third-order valence-corrected chi connectivity index (χ3v) is 10.4. The first-order valence-electron chi connectivity index (χ1n) is 19.0. The van der Waals surface area contributed by atoms with E-state index in [1.54, 1.807) is 10.6 Å². The van der Waals surface area contributed by atoms with E-state index >= 15 is 0 Å². The first-order chi connectivity index (χ1) is 26.6. The van der Waals surface area contributed by atoms with Gasteiger partial charge in [0.2, 0.25) is 0 Å². The number of hydrogen-bond acceptors (Lipinski definition) is 6. The summed E-state index contributed by atoms with van der Waals surface area (Å²) < 4.78 is 8.51. The Labute approximate surface area is 318 Å². The Morgan fingerprint density at radius 1 is 0.618 bits per heavy atom. The Bertz CT molecular complexity index is 2720. The molecule has 0 bridgehead atoms. The van der Waals surface area contributed by atoms with Gasteiger partial charge < -0.3 is 0 Å². The molecule has 2 aliphatic carbocycles. The predicted molar refractivity (Wildman–Crippen MR) is 214 cm³/mol. The summed E-state index contributed by atoms with van der Waals surface area (Å²) in [4.78, 5) is 24.3. The van der Waals surface area contributed by atoms with Gasteiger partial charge >= 0.3 is 11.4 Å². The number of fused-ring (bicyclic) bond motifs is 2. The average molecular weight is 735 g/mol. The van der Waals surface area contributed by atoms with Crippen molar-refractivity contribution < 1.29 is 0 Å². The molecule has 12 nitrogen and oxygen atoms in total. The highest BCUT2D eigenvalue weighted by Gasteiger charge is 2.27. The second kappa shape index (κ2) is 14.8. The molecular weight excluding hydrogens is 689 g/mol. The van der Waals surface area contributed by atoms with Gasteiger partial charge in [-0.15, -0.1) is 5.10 Å². The first kappa shape index (κ1) is 35.7. The zero-order valence-corrected chi connectivity index (χ0v) is 32.0. The monoisotopic (exact) mass is 734 g/mol. The maximum atomic E-state index is 12.9. The lowest BCUT2D eigenvalue weighted by molar-refractivity contribution is 0.601. The number of pyridine rings is 2. The predicted octanol–water partition coefficient (Wildman–Crippen LogP) is 6.99. The molecule has 0 radical (unpaired) electrons. The topological polar surface area (TPSA) is 125 Å². The number of H-pyrrole nitrogens is 1. The van der Waals surface area contributed by atoms with E-state index in [2.05, 4.69) is 87.9 Å². The van der Waals surface area contributed by atoms with Crippen molar-refractivity contribution in [2.75, 3.05) is 0 Å². The van der Waals surface area contributed by atoms with E-state index in [4.69, 9.17) is 0 Å². The van der Waals surface area contributed by atoms with Crippen molar-refractivity contribution in [3.8, 4) is 22.3 Å². The number of rotatable bonds is 7. The van der Waals surface area contributed by atoms with Crippen molar-refractivity contribution >= 4 is 11.3 Å². The van der Waals surface area contributed by atoms with Crippen LogP contribution in [0.25, 0.3) is 33.5 Å². The number of aromatic amines is 1. The van der Waals surface area contributed by atoms with Gasteiger partial charge in [0.15, 0.2) is 11.3 Å². The summed E-state index contributed by atoms with van der Waals surface area (Å²) in [5, 5.41) is 19.8. The van der Waals surface area contributed by atoms with Gasteiger partial charge in [-0.05, 0) is 105 Å². The van der Waals surface area contributed by atoms with Crippen molar-refractivity contribution in [2.45, 2.75) is 71.3 Å². The van der Waals surface area contributed by atoms with Gasteiger partial charge in [-0.3, -0.25) is 9.36 Å². The maximum Gasteiger partial charge on any atom is 0.350 e. The van der Waals surface area contributed by atoms with Crippen LogP contribution in [-0.2, 0) is 27.1 Å². The van der Waals surface area contributed by atoms with E-state index in [1.165, 1.54) is 57.3 Å². The number of aromatic nitrogens is 10. The number of hydrogen-bond donors (Lipinski definition) is 1. The molecule has 6 heterocycles. The highest BCUT2D eigenvalue weighted by atomic mass is 16.2. The third kappa shape index (κ3) is 7.84. The smallest absolute Gasteiger partial charge is 0.272 e. The highest BCUT2D eigenvalue weighted by molar-refractivity contribution is 5.65. The van der Waals surface area contributed by atoms with Gasteiger partial charge in [-0.1, -0.05) is 66.6 Å². The quantitative estimate of drug-likeness (QED) is 0.188. The Morgan fingerprint density at radius 2 is 1.11 bits per heavy atom. The molecule has 2 saturated carbocycles. The molecule has 6 aromatic heterocycles. The van der Waals surface area contributed by atoms with Gasteiger partial charge in [-0.2, -0.15) is 15.3 Å². The van der Waals surface area contributed by atoms with Gasteiger partial charge in [-0.25, -0.2) is 28.2 Å². The van der Waals surface area contributed by atoms with Crippen LogP contribution in [0.1, 0.15) is 78.3 Å². The molecule has 10 rings (SSSR count). The molecule has 0 aliphatic heterocycles. The minimum Gasteiger partial charge on any atom is -0.272 e. The number of aryl methyl sites for hydroxylation is 5. The zero-order chi connectivity index (χ0) is 38.2. The highest BCUT2D eigenvalue weighted by Crippen LogP contribution is 2.40. The van der Waals surface area contributed by atoms with Gasteiger partial charge in [0.1, 0.15) is 0 Å². The van der Waals surface area contributed by atoms with Gasteiger partial charge in [0.25, 0.3) is 0 Å². The van der Waals surface area contributed by atoms with E-state index in [0.717, 1.165) is 46.0 Å². The summed E-state index contributed by atoms with van der Waals surface area (Å²) in [6, 6.07) is 28.5. The van der Waals surface area contributed by atoms with Crippen LogP contribution in [0.4, 0.5) is 0 Å². The summed E-state index contributed by atoms with van der Waals surface area (Å²) in [6.45, 7) is 6.71. The summed E-state index contributed by atoms with van der Waals surface area (Å²) in [6.07, 6.45) is 9.88. The molecule has 0 atom stereocenters. The molecule has 280 valence electrons. The zero-order valence-electron chi connectivity index (χ0n) is 32.0.